The number of amides is 3. The molecule has 1 aromatic carbocycles. The maximum atomic E-state index is 14.3. The molecule has 0 aliphatic heterocycles. The molecule has 1 aliphatic carbocycles. The fourth-order valence-corrected chi connectivity index (χ4v) is 4.60. The lowest BCUT2D eigenvalue weighted by atomic mass is 9.94. The Labute approximate surface area is 233 Å². The normalized spacial score (nSPS) is 18.1. The van der Waals surface area contributed by atoms with E-state index in [1.54, 1.807) is 32.6 Å². The third-order valence-corrected chi connectivity index (χ3v) is 6.78. The first kappa shape index (κ1) is 32.1. The minimum absolute atomic E-state index is 0.0308. The van der Waals surface area contributed by atoms with Crippen molar-refractivity contribution >= 4 is 23.9 Å². The summed E-state index contributed by atoms with van der Waals surface area (Å²) in [7, 11) is 0. The van der Waals surface area contributed by atoms with Crippen LogP contribution in [0.25, 0.3) is 0 Å². The quantitative estimate of drug-likeness (QED) is 0.372. The molecular formula is C30H47N3O6. The minimum Gasteiger partial charge on any atom is -0.466 e. The van der Waals surface area contributed by atoms with E-state index in [-0.39, 0.29) is 49.3 Å². The number of esters is 1. The summed E-state index contributed by atoms with van der Waals surface area (Å²) in [5, 5.41) is 5.64. The van der Waals surface area contributed by atoms with Gasteiger partial charge < -0.3 is 25.0 Å². The van der Waals surface area contributed by atoms with E-state index < -0.39 is 29.7 Å². The van der Waals surface area contributed by atoms with E-state index in [0.717, 1.165) is 23.1 Å². The summed E-state index contributed by atoms with van der Waals surface area (Å²) in [6, 6.07) is 3.75. The van der Waals surface area contributed by atoms with Crippen LogP contribution in [0.5, 0.6) is 0 Å². The van der Waals surface area contributed by atoms with Crippen molar-refractivity contribution in [1.82, 2.24) is 15.5 Å². The van der Waals surface area contributed by atoms with Gasteiger partial charge in [0.1, 0.15) is 17.7 Å². The maximum Gasteiger partial charge on any atom is 0.408 e. The van der Waals surface area contributed by atoms with Gasteiger partial charge in [-0.25, -0.2) is 4.79 Å². The second-order valence-corrected chi connectivity index (χ2v) is 11.9. The van der Waals surface area contributed by atoms with E-state index in [9.17, 15) is 19.2 Å². The lowest BCUT2D eigenvalue weighted by Gasteiger charge is -2.36. The monoisotopic (exact) mass is 545 g/mol. The van der Waals surface area contributed by atoms with Crippen molar-refractivity contribution in [2.45, 2.75) is 105 Å². The van der Waals surface area contributed by atoms with Crippen molar-refractivity contribution in [2.24, 2.45) is 11.8 Å². The van der Waals surface area contributed by atoms with Gasteiger partial charge in [-0.2, -0.15) is 0 Å². The van der Waals surface area contributed by atoms with Crippen LogP contribution in [-0.4, -0.2) is 59.6 Å². The standard InChI is InChI=1S/C30H47N3O6/c1-10-38-25(34)14-15-31-27(35)26(22-13-11-12-19(4)21(22)6)33(24-17-20(24)5)28(36)23(16-18(2)3)32-29(37)39-30(7,8)9/h11-13,18,20,23-24,26H,10,14-17H2,1-9H3,(H,31,35)(H,32,37). The molecule has 0 bridgehead atoms. The van der Waals surface area contributed by atoms with Gasteiger partial charge >= 0.3 is 12.1 Å². The molecule has 0 heterocycles. The van der Waals surface area contributed by atoms with Gasteiger partial charge in [-0.05, 0) is 82.9 Å². The molecular weight excluding hydrogens is 498 g/mol. The number of hydrogen-bond donors (Lipinski definition) is 2. The van der Waals surface area contributed by atoms with Gasteiger partial charge in [0.05, 0.1) is 13.0 Å². The zero-order chi connectivity index (χ0) is 29.5. The number of benzene rings is 1. The Bertz CT molecular complexity index is 1030. The molecule has 4 atom stereocenters. The Morgan fingerprint density at radius 3 is 2.31 bits per heavy atom. The largest absolute Gasteiger partial charge is 0.466 e. The first-order valence-electron chi connectivity index (χ1n) is 14.0. The molecule has 218 valence electrons. The second kappa shape index (κ2) is 13.8. The number of ether oxygens (including phenoxy) is 2. The Morgan fingerprint density at radius 2 is 1.77 bits per heavy atom. The second-order valence-electron chi connectivity index (χ2n) is 11.9. The summed E-state index contributed by atoms with van der Waals surface area (Å²) in [5.41, 5.74) is 1.91. The molecule has 0 spiro atoms. The molecule has 3 amide bonds. The first-order valence-corrected chi connectivity index (χ1v) is 14.0. The molecule has 0 saturated heterocycles. The number of nitrogens with one attached hydrogen (secondary N) is 2. The van der Waals surface area contributed by atoms with Crippen molar-refractivity contribution in [1.29, 1.82) is 0 Å². The molecule has 0 radical (unpaired) electrons. The van der Waals surface area contributed by atoms with Crippen LogP contribution in [0.2, 0.25) is 0 Å². The fraction of sp³-hybridized carbons (Fsp3) is 0.667. The van der Waals surface area contributed by atoms with E-state index in [1.807, 2.05) is 52.8 Å². The molecule has 2 N–H and O–H groups in total. The van der Waals surface area contributed by atoms with Gasteiger partial charge in [-0.3, -0.25) is 14.4 Å². The molecule has 9 heteroatoms. The van der Waals surface area contributed by atoms with Gasteiger partial charge in [0, 0.05) is 12.6 Å². The SMILES string of the molecule is CCOC(=O)CCNC(=O)C(c1cccc(C)c1C)N(C(=O)C(CC(C)C)NC(=O)OC(C)(C)C)C1CC1C. The smallest absolute Gasteiger partial charge is 0.408 e. The zero-order valence-corrected chi connectivity index (χ0v) is 25.1. The maximum absolute atomic E-state index is 14.3. The lowest BCUT2D eigenvalue weighted by molar-refractivity contribution is -0.145. The lowest BCUT2D eigenvalue weighted by Crippen LogP contribution is -2.54. The van der Waals surface area contributed by atoms with Gasteiger partial charge in [-0.1, -0.05) is 39.0 Å². The minimum atomic E-state index is -0.926. The van der Waals surface area contributed by atoms with Crippen LogP contribution in [0.15, 0.2) is 18.2 Å². The van der Waals surface area contributed by atoms with Crippen LogP contribution in [0, 0.1) is 25.7 Å². The summed E-state index contributed by atoms with van der Waals surface area (Å²) in [5.74, 6) is -0.792. The molecule has 4 unspecified atom stereocenters. The third kappa shape index (κ3) is 9.55. The van der Waals surface area contributed by atoms with Gasteiger partial charge in [0.15, 0.2) is 0 Å². The third-order valence-electron chi connectivity index (χ3n) is 6.78. The van der Waals surface area contributed by atoms with Gasteiger partial charge in [-0.15, -0.1) is 0 Å². The number of carbonyl (C=O) groups is 4. The molecule has 1 aromatic rings. The van der Waals surface area contributed by atoms with Crippen LogP contribution < -0.4 is 10.6 Å². The van der Waals surface area contributed by atoms with Crippen LogP contribution in [0.3, 0.4) is 0 Å². The summed E-state index contributed by atoms with van der Waals surface area (Å²) < 4.78 is 10.4. The Kier molecular flexibility index (Phi) is 11.4. The first-order chi connectivity index (χ1) is 18.2. The van der Waals surface area contributed by atoms with Crippen molar-refractivity contribution in [3.63, 3.8) is 0 Å². The predicted molar refractivity (Wildman–Crippen MR) is 150 cm³/mol. The van der Waals surface area contributed by atoms with Crippen LogP contribution >= 0.6 is 0 Å². The molecule has 1 aliphatic rings. The Balaban J connectivity index is 2.48. The van der Waals surface area contributed by atoms with Crippen molar-refractivity contribution in [2.75, 3.05) is 13.2 Å². The van der Waals surface area contributed by atoms with Crippen molar-refractivity contribution in [3.8, 4) is 0 Å². The highest BCUT2D eigenvalue weighted by Crippen LogP contribution is 2.41. The van der Waals surface area contributed by atoms with Crippen LogP contribution in [0.1, 0.15) is 90.5 Å². The molecule has 1 saturated carbocycles. The number of nitrogens with zero attached hydrogens (tertiary/aromatic N) is 1. The average molecular weight is 546 g/mol. The molecule has 39 heavy (non-hydrogen) atoms. The zero-order valence-electron chi connectivity index (χ0n) is 25.1. The Hall–Kier alpha value is -3.10. The van der Waals surface area contributed by atoms with Crippen molar-refractivity contribution in [3.05, 3.63) is 34.9 Å². The van der Waals surface area contributed by atoms with Crippen molar-refractivity contribution < 1.29 is 28.7 Å². The Morgan fingerprint density at radius 1 is 1.13 bits per heavy atom. The number of carbonyl (C=O) groups excluding carboxylic acids is 4. The molecule has 1 fully saturated rings. The van der Waals surface area contributed by atoms with Crippen LogP contribution in [0.4, 0.5) is 4.79 Å². The molecule has 9 nitrogen and oxygen atoms in total. The fourth-order valence-electron chi connectivity index (χ4n) is 4.60. The number of rotatable bonds is 12. The highest BCUT2D eigenvalue weighted by molar-refractivity contribution is 5.93. The van der Waals surface area contributed by atoms with Crippen LogP contribution in [-0.2, 0) is 23.9 Å². The average Bonchev–Trinajstić information content (AvgIpc) is 3.53. The number of alkyl carbamates (subject to hydrolysis) is 1. The number of hydrogen-bond acceptors (Lipinski definition) is 6. The highest BCUT2D eigenvalue weighted by Gasteiger charge is 2.48. The van der Waals surface area contributed by atoms with Gasteiger partial charge in [0.2, 0.25) is 11.8 Å². The van der Waals surface area contributed by atoms with E-state index >= 15 is 0 Å². The summed E-state index contributed by atoms with van der Waals surface area (Å²) in [6.07, 6.45) is 0.500. The number of aryl methyl sites for hydroxylation is 1. The summed E-state index contributed by atoms with van der Waals surface area (Å²) >= 11 is 0. The van der Waals surface area contributed by atoms with E-state index in [0.29, 0.717) is 6.42 Å². The molecule has 0 aromatic heterocycles. The highest BCUT2D eigenvalue weighted by atomic mass is 16.6. The predicted octanol–water partition coefficient (Wildman–Crippen LogP) is 4.59. The summed E-state index contributed by atoms with van der Waals surface area (Å²) in [6.45, 7) is 17.3. The topological polar surface area (TPSA) is 114 Å². The summed E-state index contributed by atoms with van der Waals surface area (Å²) in [4.78, 5) is 54.4. The van der Waals surface area contributed by atoms with Gasteiger partial charge in [0.25, 0.3) is 0 Å². The van der Waals surface area contributed by atoms with E-state index in [1.165, 1.54) is 0 Å². The van der Waals surface area contributed by atoms with E-state index in [4.69, 9.17) is 9.47 Å². The van der Waals surface area contributed by atoms with E-state index in [2.05, 4.69) is 10.6 Å². The molecule has 2 rings (SSSR count).